The fraction of sp³-hybridized carbons (Fsp3) is 0.455. The smallest absolute Gasteiger partial charge is 0.243 e. The van der Waals surface area contributed by atoms with Crippen LogP contribution in [0, 0.1) is 0 Å². The summed E-state index contributed by atoms with van der Waals surface area (Å²) in [7, 11) is -3.69. The quantitative estimate of drug-likeness (QED) is 0.738. The van der Waals surface area contributed by atoms with Gasteiger partial charge in [0, 0.05) is 23.6 Å². The Morgan fingerprint density at radius 2 is 1.79 bits per heavy atom. The van der Waals surface area contributed by atoms with Gasteiger partial charge in [-0.05, 0) is 25.0 Å². The minimum absolute atomic E-state index is 0.0783. The zero-order valence-electron chi connectivity index (χ0n) is 9.92. The highest BCUT2D eigenvalue weighted by Crippen LogP contribution is 2.32. The van der Waals surface area contributed by atoms with Crippen LogP contribution in [0.25, 0.3) is 0 Å². The average molecular weight is 388 g/mol. The van der Waals surface area contributed by atoms with E-state index < -0.39 is 10.0 Å². The first kappa shape index (κ1) is 15.5. The van der Waals surface area contributed by atoms with Crippen molar-refractivity contribution in [2.24, 2.45) is 0 Å². The molecule has 0 unspecified atom stereocenters. The lowest BCUT2D eigenvalue weighted by atomic mass is 10.4. The van der Waals surface area contributed by atoms with Crippen molar-refractivity contribution in [2.45, 2.75) is 23.8 Å². The van der Waals surface area contributed by atoms with E-state index >= 15 is 0 Å². The minimum atomic E-state index is -3.69. The predicted octanol–water partition coefficient (Wildman–Crippen LogP) is 2.79. The molecule has 0 atom stereocenters. The van der Waals surface area contributed by atoms with E-state index in [2.05, 4.69) is 26.0 Å². The summed E-state index contributed by atoms with van der Waals surface area (Å²) in [6.07, 6.45) is 2.33. The molecule has 1 saturated carbocycles. The number of rotatable bonds is 6. The Morgan fingerprint density at radius 1 is 1.21 bits per heavy atom. The first-order chi connectivity index (χ1) is 8.90. The summed E-state index contributed by atoms with van der Waals surface area (Å²) < 4.78 is 27.4. The highest BCUT2D eigenvalue weighted by atomic mass is 79.9. The topological polar surface area (TPSA) is 58.2 Å². The van der Waals surface area contributed by atoms with E-state index in [1.807, 2.05) is 0 Å². The SMILES string of the molecule is O=S(=O)(NCCNC1CC1)c1c(Cl)cc(Br)cc1Cl. The summed E-state index contributed by atoms with van der Waals surface area (Å²) in [5.74, 6) is 0. The monoisotopic (exact) mass is 386 g/mol. The van der Waals surface area contributed by atoms with Crippen molar-refractivity contribution in [1.82, 2.24) is 10.0 Å². The molecule has 0 spiro atoms. The van der Waals surface area contributed by atoms with Gasteiger partial charge in [0.25, 0.3) is 0 Å². The van der Waals surface area contributed by atoms with Gasteiger partial charge in [-0.15, -0.1) is 0 Å². The third-order valence-corrected chi connectivity index (χ3v) is 5.50. The van der Waals surface area contributed by atoms with Gasteiger partial charge in [0.05, 0.1) is 10.0 Å². The van der Waals surface area contributed by atoms with Crippen LogP contribution in [0.1, 0.15) is 12.8 Å². The van der Waals surface area contributed by atoms with Gasteiger partial charge >= 0.3 is 0 Å². The molecule has 0 saturated heterocycles. The van der Waals surface area contributed by atoms with Crippen LogP contribution in [0.15, 0.2) is 21.5 Å². The maximum atomic E-state index is 12.1. The Bertz CT molecular complexity index is 553. The molecule has 0 radical (unpaired) electrons. The van der Waals surface area contributed by atoms with Crippen LogP contribution >= 0.6 is 39.1 Å². The summed E-state index contributed by atoms with van der Waals surface area (Å²) in [6.45, 7) is 0.900. The summed E-state index contributed by atoms with van der Waals surface area (Å²) >= 11 is 15.1. The maximum Gasteiger partial charge on any atom is 0.243 e. The Kier molecular flexibility index (Phi) is 5.14. The largest absolute Gasteiger partial charge is 0.313 e. The van der Waals surface area contributed by atoms with Crippen LogP contribution in [0.3, 0.4) is 0 Å². The van der Waals surface area contributed by atoms with Gasteiger partial charge in [0.15, 0.2) is 0 Å². The minimum Gasteiger partial charge on any atom is -0.313 e. The predicted molar refractivity (Wildman–Crippen MR) is 80.4 cm³/mol. The highest BCUT2D eigenvalue weighted by Gasteiger charge is 2.23. The Hall–Kier alpha value is 0.150. The van der Waals surface area contributed by atoms with Crippen molar-refractivity contribution in [3.63, 3.8) is 0 Å². The van der Waals surface area contributed by atoms with Crippen LogP contribution in [-0.2, 0) is 10.0 Å². The fourth-order valence-electron chi connectivity index (χ4n) is 1.61. The number of hydrogen-bond donors (Lipinski definition) is 2. The standard InChI is InChI=1S/C11H13BrCl2N2O2S/c12-7-5-9(13)11(10(14)6-7)19(17,18)16-4-3-15-8-1-2-8/h5-6,8,15-16H,1-4H2. The molecule has 0 aromatic heterocycles. The van der Waals surface area contributed by atoms with E-state index in [0.717, 1.165) is 12.8 Å². The molecule has 8 heteroatoms. The molecule has 1 aromatic carbocycles. The molecule has 2 N–H and O–H groups in total. The van der Waals surface area contributed by atoms with Crippen molar-refractivity contribution >= 4 is 49.2 Å². The molecule has 106 valence electrons. The molecule has 19 heavy (non-hydrogen) atoms. The lowest BCUT2D eigenvalue weighted by Gasteiger charge is -2.10. The van der Waals surface area contributed by atoms with Gasteiger partial charge < -0.3 is 5.32 Å². The van der Waals surface area contributed by atoms with Crippen molar-refractivity contribution in [2.75, 3.05) is 13.1 Å². The number of halogens is 3. The molecule has 0 heterocycles. The van der Waals surface area contributed by atoms with Crippen LogP contribution in [0.5, 0.6) is 0 Å². The molecule has 1 aliphatic carbocycles. The summed E-state index contributed by atoms with van der Waals surface area (Å²) in [5.41, 5.74) is 0. The average Bonchev–Trinajstić information content (AvgIpc) is 3.06. The van der Waals surface area contributed by atoms with Gasteiger partial charge in [-0.3, -0.25) is 0 Å². The fourth-order valence-corrected chi connectivity index (χ4v) is 4.57. The van der Waals surface area contributed by atoms with Gasteiger partial charge in [0.2, 0.25) is 10.0 Å². The van der Waals surface area contributed by atoms with E-state index in [9.17, 15) is 8.42 Å². The normalized spacial score (nSPS) is 15.7. The molecule has 0 bridgehead atoms. The van der Waals surface area contributed by atoms with Crippen molar-refractivity contribution in [1.29, 1.82) is 0 Å². The van der Waals surface area contributed by atoms with E-state index in [4.69, 9.17) is 23.2 Å². The Labute approximate surface area is 131 Å². The number of sulfonamides is 1. The first-order valence-corrected chi connectivity index (χ1v) is 8.81. The van der Waals surface area contributed by atoms with Crippen molar-refractivity contribution in [3.05, 3.63) is 26.7 Å². The molecular weight excluding hydrogens is 375 g/mol. The van der Waals surface area contributed by atoms with Gasteiger partial charge in [-0.25, -0.2) is 13.1 Å². The van der Waals surface area contributed by atoms with Gasteiger partial charge in [-0.1, -0.05) is 39.1 Å². The maximum absolute atomic E-state index is 12.1. The van der Waals surface area contributed by atoms with Crippen LogP contribution in [-0.4, -0.2) is 27.5 Å². The van der Waals surface area contributed by atoms with Crippen LogP contribution < -0.4 is 10.0 Å². The highest BCUT2D eigenvalue weighted by molar-refractivity contribution is 9.10. The van der Waals surface area contributed by atoms with Gasteiger partial charge in [0.1, 0.15) is 4.90 Å². The third-order valence-electron chi connectivity index (χ3n) is 2.66. The second kappa shape index (κ2) is 6.28. The Balaban J connectivity index is 2.05. The van der Waals surface area contributed by atoms with E-state index in [1.54, 1.807) is 0 Å². The zero-order valence-corrected chi connectivity index (χ0v) is 13.8. The number of nitrogens with one attached hydrogen (secondary N) is 2. The number of benzene rings is 1. The lowest BCUT2D eigenvalue weighted by Crippen LogP contribution is -2.33. The van der Waals surface area contributed by atoms with Crippen LogP contribution in [0.2, 0.25) is 10.0 Å². The summed E-state index contributed by atoms with van der Waals surface area (Å²) in [5, 5.41) is 3.42. The molecule has 4 nitrogen and oxygen atoms in total. The third kappa shape index (κ3) is 4.31. The molecule has 0 aliphatic heterocycles. The molecular formula is C11H13BrCl2N2O2S. The summed E-state index contributed by atoms with van der Waals surface area (Å²) in [4.78, 5) is -0.0783. The lowest BCUT2D eigenvalue weighted by molar-refractivity contribution is 0.575. The molecule has 1 fully saturated rings. The second-order valence-electron chi connectivity index (χ2n) is 4.32. The zero-order chi connectivity index (χ0) is 14.0. The van der Waals surface area contributed by atoms with Crippen LogP contribution in [0.4, 0.5) is 0 Å². The molecule has 1 aromatic rings. The summed E-state index contributed by atoms with van der Waals surface area (Å²) in [6, 6.07) is 3.55. The molecule has 1 aliphatic rings. The number of hydrogen-bond acceptors (Lipinski definition) is 3. The van der Waals surface area contributed by atoms with Crippen molar-refractivity contribution < 1.29 is 8.42 Å². The molecule has 0 amide bonds. The van der Waals surface area contributed by atoms with Crippen molar-refractivity contribution in [3.8, 4) is 0 Å². The first-order valence-electron chi connectivity index (χ1n) is 5.78. The van der Waals surface area contributed by atoms with E-state index in [0.29, 0.717) is 23.6 Å². The van der Waals surface area contributed by atoms with Gasteiger partial charge in [-0.2, -0.15) is 0 Å². The molecule has 2 rings (SSSR count). The Morgan fingerprint density at radius 3 is 2.32 bits per heavy atom. The second-order valence-corrected chi connectivity index (χ2v) is 7.76. The van der Waals surface area contributed by atoms with E-state index in [-0.39, 0.29) is 14.9 Å². The van der Waals surface area contributed by atoms with E-state index in [1.165, 1.54) is 12.1 Å².